The molecule has 0 amide bonds. The molecule has 58 valence electrons. The summed E-state index contributed by atoms with van der Waals surface area (Å²) in [7, 11) is 0. The van der Waals surface area contributed by atoms with Gasteiger partial charge in [0.25, 0.3) is 0 Å². The maximum Gasteiger partial charge on any atom is 0.0528 e. The number of rotatable bonds is 3. The van der Waals surface area contributed by atoms with Gasteiger partial charge in [0.1, 0.15) is 0 Å². The van der Waals surface area contributed by atoms with Crippen LogP contribution in [0.1, 0.15) is 14.4 Å². The van der Waals surface area contributed by atoms with E-state index in [1.807, 2.05) is 0 Å². The molecule has 0 aromatic rings. The lowest BCUT2D eigenvalue weighted by Crippen LogP contribution is -2.29. The average Bonchev–Trinajstić information content (AvgIpc) is 1.87. The van der Waals surface area contributed by atoms with Crippen molar-refractivity contribution in [1.82, 2.24) is 0 Å². The van der Waals surface area contributed by atoms with E-state index in [9.17, 15) is 0 Å². The van der Waals surface area contributed by atoms with Crippen LogP contribution in [0, 0.1) is 5.41 Å². The molecule has 0 heterocycles. The van der Waals surface area contributed by atoms with Crippen LogP contribution in [0.2, 0.25) is 0 Å². The first-order valence-electron chi connectivity index (χ1n) is 2.51. The molecule has 0 aromatic heterocycles. The van der Waals surface area contributed by atoms with E-state index in [0.29, 0.717) is 0 Å². The fourth-order valence-electron chi connectivity index (χ4n) is 0.150. The number of aliphatic hydroxyl groups excluding tert-OH is 3. The van der Waals surface area contributed by atoms with E-state index in [1.165, 1.54) is 0 Å². The lowest BCUT2D eigenvalue weighted by atomic mass is 9.95. The number of hydrogen-bond acceptors (Lipinski definition) is 3. The summed E-state index contributed by atoms with van der Waals surface area (Å²) in [5.41, 5.74) is -0.708. The smallest absolute Gasteiger partial charge is 0.0528 e. The Morgan fingerprint density at radius 2 is 1.22 bits per heavy atom. The standard InChI is InChI=1S/C5H12O3.CH4/c1-5(2-6,3-7)4-8;/h6-8H,2-4H2,1H3;1H4. The zero-order valence-corrected chi connectivity index (χ0v) is 4.96. The lowest BCUT2D eigenvalue weighted by molar-refractivity contribution is 0.0200. The Bertz CT molecular complexity index is 51.1. The second-order valence-corrected chi connectivity index (χ2v) is 2.29. The van der Waals surface area contributed by atoms with Crippen LogP contribution in [0.15, 0.2) is 0 Å². The van der Waals surface area contributed by atoms with Crippen LogP contribution >= 0.6 is 0 Å². The summed E-state index contributed by atoms with van der Waals surface area (Å²) < 4.78 is 0. The van der Waals surface area contributed by atoms with Crippen molar-refractivity contribution < 1.29 is 15.3 Å². The summed E-state index contributed by atoms with van der Waals surface area (Å²) in [6.45, 7) is 1.06. The summed E-state index contributed by atoms with van der Waals surface area (Å²) >= 11 is 0. The van der Waals surface area contributed by atoms with Crippen LogP contribution in [0.5, 0.6) is 0 Å². The van der Waals surface area contributed by atoms with Gasteiger partial charge in [-0.2, -0.15) is 0 Å². The highest BCUT2D eigenvalue weighted by molar-refractivity contribution is 4.69. The van der Waals surface area contributed by atoms with Crippen molar-refractivity contribution in [2.75, 3.05) is 19.8 Å². The maximum atomic E-state index is 8.47. The minimum atomic E-state index is -0.708. The molecule has 0 saturated carbocycles. The first kappa shape index (κ1) is 11.6. The highest BCUT2D eigenvalue weighted by Crippen LogP contribution is 2.10. The molecule has 0 aromatic carbocycles. The van der Waals surface area contributed by atoms with Gasteiger partial charge in [0.2, 0.25) is 0 Å². The number of aliphatic hydroxyl groups is 3. The number of hydrogen-bond donors (Lipinski definition) is 3. The minimum absolute atomic E-state index is 0. The van der Waals surface area contributed by atoms with Gasteiger partial charge >= 0.3 is 0 Å². The van der Waals surface area contributed by atoms with Crippen LogP contribution in [-0.2, 0) is 0 Å². The zero-order chi connectivity index (χ0) is 6.62. The fourth-order valence-corrected chi connectivity index (χ4v) is 0.150. The summed E-state index contributed by atoms with van der Waals surface area (Å²) in [5, 5.41) is 25.4. The van der Waals surface area contributed by atoms with E-state index in [0.717, 1.165) is 0 Å². The van der Waals surface area contributed by atoms with E-state index < -0.39 is 5.41 Å². The molecular formula is C6H16O3. The second-order valence-electron chi connectivity index (χ2n) is 2.29. The van der Waals surface area contributed by atoms with Crippen molar-refractivity contribution in [2.24, 2.45) is 5.41 Å². The Morgan fingerprint density at radius 1 is 1.00 bits per heavy atom. The lowest BCUT2D eigenvalue weighted by Gasteiger charge is -2.20. The molecule has 3 nitrogen and oxygen atoms in total. The summed E-state index contributed by atoms with van der Waals surface area (Å²) in [6, 6.07) is 0. The molecule has 0 aliphatic heterocycles. The van der Waals surface area contributed by atoms with Crippen molar-refractivity contribution in [3.8, 4) is 0 Å². The SMILES string of the molecule is C.CC(CO)(CO)CO. The zero-order valence-electron chi connectivity index (χ0n) is 4.96. The Balaban J connectivity index is 0. The van der Waals surface area contributed by atoms with Crippen LogP contribution in [0.4, 0.5) is 0 Å². The van der Waals surface area contributed by atoms with Gasteiger partial charge in [0.15, 0.2) is 0 Å². The third-order valence-corrected chi connectivity index (χ3v) is 1.15. The van der Waals surface area contributed by atoms with Gasteiger partial charge in [-0.3, -0.25) is 0 Å². The molecule has 0 unspecified atom stereocenters. The second kappa shape index (κ2) is 4.73. The van der Waals surface area contributed by atoms with Gasteiger partial charge in [-0.1, -0.05) is 14.4 Å². The first-order chi connectivity index (χ1) is 3.68. The molecule has 0 aliphatic carbocycles. The quantitative estimate of drug-likeness (QED) is 0.495. The molecule has 0 fully saturated rings. The minimum Gasteiger partial charge on any atom is -0.396 e. The van der Waals surface area contributed by atoms with E-state index in [4.69, 9.17) is 15.3 Å². The van der Waals surface area contributed by atoms with E-state index in [-0.39, 0.29) is 27.2 Å². The van der Waals surface area contributed by atoms with Crippen molar-refractivity contribution in [2.45, 2.75) is 14.4 Å². The van der Waals surface area contributed by atoms with Crippen LogP contribution in [-0.4, -0.2) is 35.1 Å². The predicted molar refractivity (Wildman–Crippen MR) is 36.1 cm³/mol. The van der Waals surface area contributed by atoms with Crippen LogP contribution in [0.3, 0.4) is 0 Å². The van der Waals surface area contributed by atoms with Gasteiger partial charge in [0.05, 0.1) is 19.8 Å². The van der Waals surface area contributed by atoms with Gasteiger partial charge in [-0.15, -0.1) is 0 Å². The molecule has 0 radical (unpaired) electrons. The Morgan fingerprint density at radius 3 is 1.22 bits per heavy atom. The molecule has 3 heteroatoms. The van der Waals surface area contributed by atoms with Crippen LogP contribution in [0.25, 0.3) is 0 Å². The van der Waals surface area contributed by atoms with Crippen molar-refractivity contribution in [3.05, 3.63) is 0 Å². The molecule has 0 saturated heterocycles. The molecule has 9 heavy (non-hydrogen) atoms. The average molecular weight is 136 g/mol. The molecule has 3 N–H and O–H groups in total. The normalized spacial score (nSPS) is 10.7. The molecule has 0 rings (SSSR count). The summed E-state index contributed by atoms with van der Waals surface area (Å²) in [6.07, 6.45) is 0. The topological polar surface area (TPSA) is 60.7 Å². The van der Waals surface area contributed by atoms with Gasteiger partial charge in [0, 0.05) is 5.41 Å². The largest absolute Gasteiger partial charge is 0.396 e. The molecular weight excluding hydrogens is 120 g/mol. The van der Waals surface area contributed by atoms with Gasteiger partial charge in [-0.25, -0.2) is 0 Å². The van der Waals surface area contributed by atoms with Crippen molar-refractivity contribution in [1.29, 1.82) is 0 Å². The third kappa shape index (κ3) is 3.46. The van der Waals surface area contributed by atoms with Crippen molar-refractivity contribution in [3.63, 3.8) is 0 Å². The molecule has 0 aliphatic rings. The first-order valence-corrected chi connectivity index (χ1v) is 2.51. The Hall–Kier alpha value is -0.120. The van der Waals surface area contributed by atoms with E-state index in [1.54, 1.807) is 6.92 Å². The van der Waals surface area contributed by atoms with Gasteiger partial charge in [-0.05, 0) is 0 Å². The van der Waals surface area contributed by atoms with Crippen molar-refractivity contribution >= 4 is 0 Å². The molecule has 0 spiro atoms. The summed E-state index contributed by atoms with van der Waals surface area (Å²) in [4.78, 5) is 0. The Kier molecular flexibility index (Phi) is 6.12. The summed E-state index contributed by atoms with van der Waals surface area (Å²) in [5.74, 6) is 0. The maximum absolute atomic E-state index is 8.47. The Labute approximate surface area is 56.0 Å². The molecule has 0 bridgehead atoms. The predicted octanol–water partition coefficient (Wildman–Crippen LogP) is -0.394. The molecule has 0 atom stereocenters. The van der Waals surface area contributed by atoms with E-state index >= 15 is 0 Å². The van der Waals surface area contributed by atoms with Gasteiger partial charge < -0.3 is 15.3 Å². The highest BCUT2D eigenvalue weighted by Gasteiger charge is 2.20. The fraction of sp³-hybridized carbons (Fsp3) is 1.00. The highest BCUT2D eigenvalue weighted by atomic mass is 16.3. The third-order valence-electron chi connectivity index (χ3n) is 1.15. The van der Waals surface area contributed by atoms with Crippen LogP contribution < -0.4 is 0 Å². The monoisotopic (exact) mass is 136 g/mol. The van der Waals surface area contributed by atoms with E-state index in [2.05, 4.69) is 0 Å².